The van der Waals surface area contributed by atoms with E-state index >= 15 is 0 Å². The summed E-state index contributed by atoms with van der Waals surface area (Å²) in [7, 11) is 0. The van der Waals surface area contributed by atoms with Crippen molar-refractivity contribution >= 4 is 11.7 Å². The van der Waals surface area contributed by atoms with Crippen LogP contribution in [0, 0.1) is 23.2 Å². The van der Waals surface area contributed by atoms with Gasteiger partial charge in [0.1, 0.15) is 5.92 Å². The molecule has 1 rings (SSSR count). The molecule has 13 heavy (non-hydrogen) atoms. The average molecular weight is 180 g/mol. The molecule has 1 aliphatic rings. The zero-order chi connectivity index (χ0) is 10.0. The highest BCUT2D eigenvalue weighted by atomic mass is 16.2. The Bertz CT molecular complexity index is 278. The van der Waals surface area contributed by atoms with E-state index in [1.165, 1.54) is 4.90 Å². The molecule has 0 spiro atoms. The Morgan fingerprint density at radius 2 is 2.23 bits per heavy atom. The number of nitrogens with zero attached hydrogens (tertiary/aromatic N) is 2. The molecule has 0 saturated carbocycles. The molecule has 1 saturated heterocycles. The van der Waals surface area contributed by atoms with Crippen LogP contribution in [-0.2, 0) is 9.59 Å². The first-order valence-electron chi connectivity index (χ1n) is 4.29. The Kier molecular flexibility index (Phi) is 2.66. The van der Waals surface area contributed by atoms with E-state index in [0.29, 0.717) is 12.5 Å². The van der Waals surface area contributed by atoms with Crippen molar-refractivity contribution in [1.82, 2.24) is 4.90 Å². The minimum atomic E-state index is -0.744. The van der Waals surface area contributed by atoms with Gasteiger partial charge >= 0.3 is 0 Å². The maximum absolute atomic E-state index is 11.2. The number of ketones is 1. The van der Waals surface area contributed by atoms with E-state index in [0.717, 1.165) is 0 Å². The second-order valence-corrected chi connectivity index (χ2v) is 3.65. The van der Waals surface area contributed by atoms with Crippen molar-refractivity contribution in [1.29, 1.82) is 5.26 Å². The third-order valence-corrected chi connectivity index (χ3v) is 1.96. The van der Waals surface area contributed by atoms with Crippen LogP contribution in [-0.4, -0.2) is 29.7 Å². The standard InChI is InChI=1S/C9H12N2O2/c1-6(2)4-11-5-7(3-10)8(12)9(11)13/h6-7H,4-5H2,1-2H3/t7-/m0/s1. The van der Waals surface area contributed by atoms with Gasteiger partial charge in [0.05, 0.1) is 6.07 Å². The topological polar surface area (TPSA) is 61.2 Å². The van der Waals surface area contributed by atoms with Gasteiger partial charge in [-0.1, -0.05) is 13.8 Å². The van der Waals surface area contributed by atoms with Crippen molar-refractivity contribution in [3.63, 3.8) is 0 Å². The van der Waals surface area contributed by atoms with Crippen LogP contribution in [0.2, 0.25) is 0 Å². The van der Waals surface area contributed by atoms with Crippen LogP contribution >= 0.6 is 0 Å². The SMILES string of the molecule is CC(C)CN1C[C@H](C#N)C(=O)C1=O. The van der Waals surface area contributed by atoms with E-state index in [1.54, 1.807) is 0 Å². The Morgan fingerprint density at radius 1 is 1.62 bits per heavy atom. The summed E-state index contributed by atoms with van der Waals surface area (Å²) in [6.45, 7) is 4.77. The summed E-state index contributed by atoms with van der Waals surface area (Å²) >= 11 is 0. The third kappa shape index (κ3) is 1.86. The van der Waals surface area contributed by atoms with Crippen LogP contribution in [0.1, 0.15) is 13.8 Å². The molecule has 0 radical (unpaired) electrons. The first kappa shape index (κ1) is 9.72. The van der Waals surface area contributed by atoms with E-state index in [4.69, 9.17) is 5.26 Å². The minimum Gasteiger partial charge on any atom is -0.334 e. The number of amides is 1. The van der Waals surface area contributed by atoms with Crippen LogP contribution in [0.4, 0.5) is 0 Å². The number of likely N-dealkylation sites (tertiary alicyclic amines) is 1. The number of hydrogen-bond acceptors (Lipinski definition) is 3. The summed E-state index contributed by atoms with van der Waals surface area (Å²) in [5.41, 5.74) is 0. The normalized spacial score (nSPS) is 22.6. The number of nitriles is 1. The lowest BCUT2D eigenvalue weighted by Crippen LogP contribution is -2.30. The van der Waals surface area contributed by atoms with E-state index in [1.807, 2.05) is 19.9 Å². The van der Waals surface area contributed by atoms with E-state index in [-0.39, 0.29) is 6.54 Å². The van der Waals surface area contributed by atoms with Crippen LogP contribution in [0.15, 0.2) is 0 Å². The third-order valence-electron chi connectivity index (χ3n) is 1.96. The van der Waals surface area contributed by atoms with Gasteiger partial charge in [0.2, 0.25) is 5.78 Å². The van der Waals surface area contributed by atoms with Crippen molar-refractivity contribution in [2.24, 2.45) is 11.8 Å². The molecule has 1 atom stereocenters. The van der Waals surface area contributed by atoms with Crippen molar-refractivity contribution in [2.75, 3.05) is 13.1 Å². The lowest BCUT2D eigenvalue weighted by Gasteiger charge is -2.16. The molecule has 1 amide bonds. The number of hydrogen-bond donors (Lipinski definition) is 0. The lowest BCUT2D eigenvalue weighted by atomic mass is 10.1. The van der Waals surface area contributed by atoms with Gasteiger partial charge in [0, 0.05) is 13.1 Å². The first-order chi connectivity index (χ1) is 6.06. The lowest BCUT2D eigenvalue weighted by molar-refractivity contribution is -0.140. The zero-order valence-corrected chi connectivity index (χ0v) is 7.78. The molecule has 0 aromatic rings. The quantitative estimate of drug-likeness (QED) is 0.570. The molecule has 0 unspecified atom stereocenters. The number of Topliss-reactive ketones (excluding diaryl/α,β-unsaturated/α-hetero) is 1. The molecule has 1 heterocycles. The molecule has 70 valence electrons. The fourth-order valence-corrected chi connectivity index (χ4v) is 1.39. The number of rotatable bonds is 2. The Hall–Kier alpha value is -1.37. The van der Waals surface area contributed by atoms with E-state index in [2.05, 4.69) is 0 Å². The maximum atomic E-state index is 11.2. The van der Waals surface area contributed by atoms with Gasteiger partial charge in [-0.15, -0.1) is 0 Å². The Balaban J connectivity index is 2.68. The van der Waals surface area contributed by atoms with Gasteiger partial charge in [-0.05, 0) is 5.92 Å². The second-order valence-electron chi connectivity index (χ2n) is 3.65. The monoisotopic (exact) mass is 180 g/mol. The predicted molar refractivity (Wildman–Crippen MR) is 45.5 cm³/mol. The van der Waals surface area contributed by atoms with Crippen LogP contribution in [0.5, 0.6) is 0 Å². The molecule has 0 bridgehead atoms. The minimum absolute atomic E-state index is 0.270. The highest BCUT2D eigenvalue weighted by Crippen LogP contribution is 2.14. The molecule has 0 aromatic carbocycles. The summed E-state index contributed by atoms with van der Waals surface area (Å²) in [6.07, 6.45) is 0. The van der Waals surface area contributed by atoms with Crippen molar-refractivity contribution in [2.45, 2.75) is 13.8 Å². The predicted octanol–water partition coefficient (Wildman–Crippen LogP) is 0.193. The maximum Gasteiger partial charge on any atom is 0.291 e. The van der Waals surface area contributed by atoms with E-state index in [9.17, 15) is 9.59 Å². The molecular formula is C9H12N2O2. The van der Waals surface area contributed by atoms with Crippen molar-refractivity contribution < 1.29 is 9.59 Å². The molecule has 4 nitrogen and oxygen atoms in total. The fraction of sp³-hybridized carbons (Fsp3) is 0.667. The van der Waals surface area contributed by atoms with Gasteiger partial charge in [-0.25, -0.2) is 0 Å². The van der Waals surface area contributed by atoms with Gasteiger partial charge in [-0.3, -0.25) is 9.59 Å². The van der Waals surface area contributed by atoms with Gasteiger partial charge in [-0.2, -0.15) is 5.26 Å². The summed E-state index contributed by atoms with van der Waals surface area (Å²) in [6, 6.07) is 1.84. The summed E-state index contributed by atoms with van der Waals surface area (Å²) < 4.78 is 0. The summed E-state index contributed by atoms with van der Waals surface area (Å²) in [5.74, 6) is -1.47. The fourth-order valence-electron chi connectivity index (χ4n) is 1.39. The molecule has 0 N–H and O–H groups in total. The number of carbonyl (C=O) groups is 2. The summed E-state index contributed by atoms with van der Waals surface area (Å²) in [5, 5.41) is 8.56. The first-order valence-corrected chi connectivity index (χ1v) is 4.29. The molecule has 4 heteroatoms. The molecule has 1 aliphatic heterocycles. The largest absolute Gasteiger partial charge is 0.334 e. The van der Waals surface area contributed by atoms with Crippen molar-refractivity contribution in [3.8, 4) is 6.07 Å². The average Bonchev–Trinajstić information content (AvgIpc) is 2.32. The zero-order valence-electron chi connectivity index (χ0n) is 7.78. The summed E-state index contributed by atoms with van der Waals surface area (Å²) in [4.78, 5) is 23.8. The van der Waals surface area contributed by atoms with Crippen LogP contribution in [0.25, 0.3) is 0 Å². The van der Waals surface area contributed by atoms with Gasteiger partial charge in [0.15, 0.2) is 0 Å². The van der Waals surface area contributed by atoms with Gasteiger partial charge in [0.25, 0.3) is 5.91 Å². The van der Waals surface area contributed by atoms with Gasteiger partial charge < -0.3 is 4.90 Å². The van der Waals surface area contributed by atoms with Crippen LogP contribution < -0.4 is 0 Å². The molecular weight excluding hydrogens is 168 g/mol. The highest BCUT2D eigenvalue weighted by Gasteiger charge is 2.38. The molecule has 0 aromatic heterocycles. The van der Waals surface area contributed by atoms with E-state index < -0.39 is 17.6 Å². The molecule has 1 fully saturated rings. The number of carbonyl (C=O) groups excluding carboxylic acids is 2. The Labute approximate surface area is 77.1 Å². The van der Waals surface area contributed by atoms with Crippen molar-refractivity contribution in [3.05, 3.63) is 0 Å². The smallest absolute Gasteiger partial charge is 0.291 e. The second kappa shape index (κ2) is 3.56. The Morgan fingerprint density at radius 3 is 2.62 bits per heavy atom. The van der Waals surface area contributed by atoms with Crippen LogP contribution in [0.3, 0.4) is 0 Å². The molecule has 0 aliphatic carbocycles. The highest BCUT2D eigenvalue weighted by molar-refractivity contribution is 6.39.